The molecule has 106 valence electrons. The maximum Gasteiger partial charge on any atom is 0.179 e. The van der Waals surface area contributed by atoms with Gasteiger partial charge in [0.1, 0.15) is 0 Å². The Morgan fingerprint density at radius 2 is 1.89 bits per heavy atom. The van der Waals surface area contributed by atoms with Gasteiger partial charge in [-0.1, -0.05) is 0 Å². The smallest absolute Gasteiger partial charge is 0.179 e. The maximum atomic E-state index is 12.2. The van der Waals surface area contributed by atoms with Gasteiger partial charge in [0.15, 0.2) is 17.3 Å². The predicted octanol–water partition coefficient (Wildman–Crippen LogP) is 1.51. The first kappa shape index (κ1) is 15.5. The van der Waals surface area contributed by atoms with E-state index in [0.717, 1.165) is 0 Å². The molecule has 0 radical (unpaired) electrons. The van der Waals surface area contributed by atoms with Crippen LogP contribution in [0.2, 0.25) is 0 Å². The lowest BCUT2D eigenvalue weighted by molar-refractivity contribution is 0.0944. The van der Waals surface area contributed by atoms with Gasteiger partial charge in [-0.25, -0.2) is 0 Å². The number of carbonyl (C=O) groups is 1. The molecule has 0 spiro atoms. The Labute approximate surface area is 113 Å². The SMILES string of the molecule is COCCNC(C)C(=O)c1ccc(OC)c(OC)c1. The molecule has 0 aromatic heterocycles. The van der Waals surface area contributed by atoms with Crippen molar-refractivity contribution in [3.63, 3.8) is 0 Å². The molecular weight excluding hydrogens is 246 g/mol. The lowest BCUT2D eigenvalue weighted by Gasteiger charge is -2.14. The van der Waals surface area contributed by atoms with Gasteiger partial charge in [-0.3, -0.25) is 4.79 Å². The van der Waals surface area contributed by atoms with Crippen LogP contribution in [-0.2, 0) is 4.74 Å². The van der Waals surface area contributed by atoms with Crippen molar-refractivity contribution in [3.8, 4) is 11.5 Å². The van der Waals surface area contributed by atoms with E-state index in [1.165, 1.54) is 0 Å². The second-order valence-corrected chi connectivity index (χ2v) is 4.10. The Balaban J connectivity index is 2.76. The van der Waals surface area contributed by atoms with Crippen LogP contribution >= 0.6 is 0 Å². The molecule has 1 rings (SSSR count). The third kappa shape index (κ3) is 4.22. The number of carbonyl (C=O) groups excluding carboxylic acids is 1. The van der Waals surface area contributed by atoms with Crippen molar-refractivity contribution >= 4 is 5.78 Å². The quantitative estimate of drug-likeness (QED) is 0.571. The van der Waals surface area contributed by atoms with E-state index < -0.39 is 0 Å². The van der Waals surface area contributed by atoms with Crippen LogP contribution in [0.3, 0.4) is 0 Å². The fourth-order valence-corrected chi connectivity index (χ4v) is 1.71. The van der Waals surface area contributed by atoms with E-state index in [1.807, 2.05) is 6.92 Å². The molecule has 1 unspecified atom stereocenters. The third-order valence-corrected chi connectivity index (χ3v) is 2.82. The molecule has 0 saturated carbocycles. The molecule has 19 heavy (non-hydrogen) atoms. The first-order valence-corrected chi connectivity index (χ1v) is 6.12. The van der Waals surface area contributed by atoms with E-state index in [9.17, 15) is 4.79 Å². The van der Waals surface area contributed by atoms with E-state index >= 15 is 0 Å². The van der Waals surface area contributed by atoms with E-state index in [4.69, 9.17) is 14.2 Å². The largest absolute Gasteiger partial charge is 0.493 e. The first-order chi connectivity index (χ1) is 9.13. The van der Waals surface area contributed by atoms with E-state index in [1.54, 1.807) is 39.5 Å². The van der Waals surface area contributed by atoms with E-state index in [0.29, 0.717) is 30.2 Å². The zero-order valence-electron chi connectivity index (χ0n) is 11.9. The molecule has 0 aliphatic heterocycles. The van der Waals surface area contributed by atoms with Gasteiger partial charge in [0.25, 0.3) is 0 Å². The lowest BCUT2D eigenvalue weighted by Crippen LogP contribution is -2.36. The summed E-state index contributed by atoms with van der Waals surface area (Å²) >= 11 is 0. The van der Waals surface area contributed by atoms with E-state index in [2.05, 4.69) is 5.32 Å². The summed E-state index contributed by atoms with van der Waals surface area (Å²) in [6.07, 6.45) is 0. The van der Waals surface area contributed by atoms with Crippen molar-refractivity contribution in [1.29, 1.82) is 0 Å². The number of rotatable bonds is 8. The topological polar surface area (TPSA) is 56.8 Å². The highest BCUT2D eigenvalue weighted by molar-refractivity contribution is 6.00. The second kappa shape index (κ2) is 7.76. The Bertz CT molecular complexity index is 420. The van der Waals surface area contributed by atoms with Crippen LogP contribution in [0.1, 0.15) is 17.3 Å². The average Bonchev–Trinajstić information content (AvgIpc) is 2.45. The number of Topliss-reactive ketones (excluding diaryl/α,β-unsaturated/α-hetero) is 1. The van der Waals surface area contributed by atoms with Crippen molar-refractivity contribution in [2.45, 2.75) is 13.0 Å². The van der Waals surface area contributed by atoms with Crippen LogP contribution in [0.5, 0.6) is 11.5 Å². The molecule has 1 atom stereocenters. The Morgan fingerprint density at radius 3 is 2.47 bits per heavy atom. The summed E-state index contributed by atoms with van der Waals surface area (Å²) < 4.78 is 15.3. The van der Waals surface area contributed by atoms with Crippen LogP contribution in [0.4, 0.5) is 0 Å². The molecule has 5 nitrogen and oxygen atoms in total. The van der Waals surface area contributed by atoms with Crippen LogP contribution < -0.4 is 14.8 Å². The number of benzene rings is 1. The van der Waals surface area contributed by atoms with Gasteiger partial charge in [-0.15, -0.1) is 0 Å². The maximum absolute atomic E-state index is 12.2. The minimum Gasteiger partial charge on any atom is -0.493 e. The second-order valence-electron chi connectivity index (χ2n) is 4.10. The lowest BCUT2D eigenvalue weighted by atomic mass is 10.0. The Morgan fingerprint density at radius 1 is 1.21 bits per heavy atom. The van der Waals surface area contributed by atoms with Crippen LogP contribution in [-0.4, -0.2) is 46.3 Å². The average molecular weight is 267 g/mol. The van der Waals surface area contributed by atoms with E-state index in [-0.39, 0.29) is 11.8 Å². The highest BCUT2D eigenvalue weighted by Gasteiger charge is 2.16. The minimum atomic E-state index is -0.270. The Kier molecular flexibility index (Phi) is 6.32. The van der Waals surface area contributed by atoms with Gasteiger partial charge in [0.2, 0.25) is 0 Å². The molecule has 0 amide bonds. The molecule has 5 heteroatoms. The normalized spacial score (nSPS) is 12.0. The highest BCUT2D eigenvalue weighted by Crippen LogP contribution is 2.27. The fraction of sp³-hybridized carbons (Fsp3) is 0.500. The third-order valence-electron chi connectivity index (χ3n) is 2.82. The summed E-state index contributed by atoms with van der Waals surface area (Å²) in [5, 5.41) is 3.10. The molecule has 0 saturated heterocycles. The van der Waals surface area contributed by atoms with Gasteiger partial charge in [0.05, 0.1) is 26.9 Å². The standard InChI is InChI=1S/C14H21NO4/c1-10(15-7-8-17-2)14(16)11-5-6-12(18-3)13(9-11)19-4/h5-6,9-10,15H,7-8H2,1-4H3. The molecule has 0 aliphatic carbocycles. The molecule has 0 aliphatic rings. The monoisotopic (exact) mass is 267 g/mol. The van der Waals surface area contributed by atoms with Crippen LogP contribution in [0.25, 0.3) is 0 Å². The first-order valence-electron chi connectivity index (χ1n) is 6.12. The van der Waals surface area contributed by atoms with Gasteiger partial charge in [-0.05, 0) is 25.1 Å². The summed E-state index contributed by atoms with van der Waals surface area (Å²) in [7, 11) is 4.74. The predicted molar refractivity (Wildman–Crippen MR) is 73.2 cm³/mol. The number of ketones is 1. The summed E-state index contributed by atoms with van der Waals surface area (Å²) in [5.74, 6) is 1.17. The molecule has 0 bridgehead atoms. The fourth-order valence-electron chi connectivity index (χ4n) is 1.71. The summed E-state index contributed by atoms with van der Waals surface area (Å²) in [4.78, 5) is 12.2. The van der Waals surface area contributed by atoms with Gasteiger partial charge in [-0.2, -0.15) is 0 Å². The molecule has 1 aromatic rings. The van der Waals surface area contributed by atoms with Gasteiger partial charge >= 0.3 is 0 Å². The van der Waals surface area contributed by atoms with Crippen LogP contribution in [0.15, 0.2) is 18.2 Å². The van der Waals surface area contributed by atoms with Crippen molar-refractivity contribution in [3.05, 3.63) is 23.8 Å². The molecule has 1 N–H and O–H groups in total. The summed E-state index contributed by atoms with van der Waals surface area (Å²) in [6.45, 7) is 3.04. The van der Waals surface area contributed by atoms with Gasteiger partial charge in [0, 0.05) is 19.2 Å². The van der Waals surface area contributed by atoms with Crippen molar-refractivity contribution < 1.29 is 19.0 Å². The Hall–Kier alpha value is -1.59. The molecule has 0 heterocycles. The molecule has 0 fully saturated rings. The number of nitrogens with one attached hydrogen (secondary N) is 1. The van der Waals surface area contributed by atoms with Crippen molar-refractivity contribution in [1.82, 2.24) is 5.32 Å². The zero-order chi connectivity index (χ0) is 14.3. The summed E-state index contributed by atoms with van der Waals surface area (Å²) in [5.41, 5.74) is 0.593. The van der Waals surface area contributed by atoms with Crippen LogP contribution in [0, 0.1) is 0 Å². The highest BCUT2D eigenvalue weighted by atomic mass is 16.5. The zero-order valence-corrected chi connectivity index (χ0v) is 11.9. The number of hydrogen-bond acceptors (Lipinski definition) is 5. The number of ether oxygens (including phenoxy) is 3. The number of hydrogen-bond donors (Lipinski definition) is 1. The van der Waals surface area contributed by atoms with Crippen molar-refractivity contribution in [2.24, 2.45) is 0 Å². The molecular formula is C14H21NO4. The van der Waals surface area contributed by atoms with Gasteiger partial charge < -0.3 is 19.5 Å². The summed E-state index contributed by atoms with van der Waals surface area (Å²) in [6, 6.07) is 4.88. The number of methoxy groups -OCH3 is 3. The molecule has 1 aromatic carbocycles. The minimum absolute atomic E-state index is 0.0112. The van der Waals surface area contributed by atoms with Crippen molar-refractivity contribution in [2.75, 3.05) is 34.5 Å².